The maximum absolute atomic E-state index is 5.95. The number of aryl methyl sites for hydroxylation is 2. The molecule has 2 aromatic heterocycles. The summed E-state index contributed by atoms with van der Waals surface area (Å²) in [5.41, 5.74) is 1.88. The Labute approximate surface area is 148 Å². The minimum atomic E-state index is -0.0182. The Kier molecular flexibility index (Phi) is 5.65. The second-order valence-electron chi connectivity index (χ2n) is 6.67. The van der Waals surface area contributed by atoms with Crippen molar-refractivity contribution in [1.82, 2.24) is 20.0 Å². The van der Waals surface area contributed by atoms with Crippen LogP contribution in [0.25, 0.3) is 0 Å². The van der Waals surface area contributed by atoms with Gasteiger partial charge in [0.05, 0.1) is 24.5 Å². The Bertz CT molecular complexity index is 701. The lowest BCUT2D eigenvalue weighted by Crippen LogP contribution is -2.42. The first-order valence-corrected chi connectivity index (χ1v) is 8.94. The van der Waals surface area contributed by atoms with Crippen LogP contribution in [0.4, 0.5) is 5.82 Å². The molecule has 0 amide bonds. The van der Waals surface area contributed by atoms with Crippen LogP contribution in [0, 0.1) is 6.92 Å². The van der Waals surface area contributed by atoms with Gasteiger partial charge in [-0.3, -0.25) is 4.90 Å². The second kappa shape index (κ2) is 7.93. The number of ether oxygens (including phenoxy) is 1. The predicted molar refractivity (Wildman–Crippen MR) is 95.4 cm³/mol. The van der Waals surface area contributed by atoms with Crippen molar-refractivity contribution in [2.45, 2.75) is 52.8 Å². The fourth-order valence-electron chi connectivity index (χ4n) is 2.95. The topological polar surface area (TPSA) is 76.3 Å². The third-order valence-corrected chi connectivity index (χ3v) is 4.43. The number of hydrogen-bond donors (Lipinski definition) is 1. The van der Waals surface area contributed by atoms with Gasteiger partial charge < -0.3 is 14.6 Å². The van der Waals surface area contributed by atoms with Crippen LogP contribution < -0.4 is 5.32 Å². The van der Waals surface area contributed by atoms with Gasteiger partial charge in [0.2, 0.25) is 0 Å². The van der Waals surface area contributed by atoms with Crippen molar-refractivity contribution >= 4 is 5.82 Å². The van der Waals surface area contributed by atoms with E-state index in [-0.39, 0.29) is 6.10 Å². The Morgan fingerprint density at radius 3 is 2.88 bits per heavy atom. The molecule has 7 nitrogen and oxygen atoms in total. The van der Waals surface area contributed by atoms with E-state index in [1.807, 2.05) is 19.1 Å². The molecule has 0 aliphatic carbocycles. The Morgan fingerprint density at radius 1 is 1.32 bits per heavy atom. The van der Waals surface area contributed by atoms with Crippen molar-refractivity contribution < 1.29 is 9.26 Å². The smallest absolute Gasteiger partial charge is 0.156 e. The summed E-state index contributed by atoms with van der Waals surface area (Å²) in [6, 6.07) is 4.44. The van der Waals surface area contributed by atoms with Crippen LogP contribution in [0.1, 0.15) is 49.8 Å². The van der Waals surface area contributed by atoms with Crippen molar-refractivity contribution in [3.05, 3.63) is 35.1 Å². The number of morpholine rings is 1. The maximum Gasteiger partial charge on any atom is 0.156 e. The molecule has 1 N–H and O–H groups in total. The molecule has 136 valence electrons. The zero-order valence-corrected chi connectivity index (χ0v) is 15.5. The van der Waals surface area contributed by atoms with Crippen LogP contribution in [-0.4, -0.2) is 45.8 Å². The summed E-state index contributed by atoms with van der Waals surface area (Å²) < 4.78 is 11.3. The predicted octanol–water partition coefficient (Wildman–Crippen LogP) is 2.73. The van der Waals surface area contributed by atoms with Gasteiger partial charge >= 0.3 is 0 Å². The summed E-state index contributed by atoms with van der Waals surface area (Å²) in [5.74, 6) is 2.31. The monoisotopic (exact) mass is 345 g/mol. The van der Waals surface area contributed by atoms with Crippen molar-refractivity contribution in [2.75, 3.05) is 25.0 Å². The fourth-order valence-corrected chi connectivity index (χ4v) is 2.95. The third-order valence-electron chi connectivity index (χ3n) is 4.43. The molecular formula is C18H27N5O2. The molecule has 7 heteroatoms. The number of nitrogens with zero attached hydrogens (tertiary/aromatic N) is 4. The molecule has 0 bridgehead atoms. The maximum atomic E-state index is 5.95. The highest BCUT2D eigenvalue weighted by Gasteiger charge is 2.25. The highest BCUT2D eigenvalue weighted by Crippen LogP contribution is 2.24. The molecule has 0 aromatic carbocycles. The molecule has 1 unspecified atom stereocenters. The average molecular weight is 345 g/mol. The largest absolute Gasteiger partial charge is 0.369 e. The van der Waals surface area contributed by atoms with Gasteiger partial charge in [0.1, 0.15) is 17.7 Å². The highest BCUT2D eigenvalue weighted by molar-refractivity contribution is 5.37. The lowest BCUT2D eigenvalue weighted by atomic mass is 10.1. The summed E-state index contributed by atoms with van der Waals surface area (Å²) in [6.07, 6.45) is 0.849. The molecule has 1 atom stereocenters. The number of rotatable bonds is 6. The van der Waals surface area contributed by atoms with Gasteiger partial charge in [-0.1, -0.05) is 12.1 Å². The molecule has 0 saturated carbocycles. The van der Waals surface area contributed by atoms with E-state index in [4.69, 9.17) is 9.26 Å². The van der Waals surface area contributed by atoms with Gasteiger partial charge in [-0.05, 0) is 27.2 Å². The summed E-state index contributed by atoms with van der Waals surface area (Å²) in [6.45, 7) is 11.5. The minimum absolute atomic E-state index is 0.0182. The van der Waals surface area contributed by atoms with Crippen LogP contribution in [-0.2, 0) is 17.7 Å². The molecule has 2 aromatic rings. The Balaban J connectivity index is 1.69. The van der Waals surface area contributed by atoms with Crippen molar-refractivity contribution in [1.29, 1.82) is 0 Å². The molecule has 3 rings (SSSR count). The lowest BCUT2D eigenvalue weighted by Gasteiger charge is -2.35. The highest BCUT2D eigenvalue weighted by atomic mass is 16.5. The zero-order valence-electron chi connectivity index (χ0n) is 15.5. The quantitative estimate of drug-likeness (QED) is 0.862. The molecule has 25 heavy (non-hydrogen) atoms. The zero-order chi connectivity index (χ0) is 17.8. The van der Waals surface area contributed by atoms with Crippen LogP contribution in [0.5, 0.6) is 0 Å². The van der Waals surface area contributed by atoms with Gasteiger partial charge in [-0.2, -0.15) is 0 Å². The number of nitrogens with one attached hydrogen (secondary N) is 1. The van der Waals surface area contributed by atoms with Gasteiger partial charge in [0, 0.05) is 31.3 Å². The molecule has 0 spiro atoms. The van der Waals surface area contributed by atoms with E-state index in [2.05, 4.69) is 46.1 Å². The Hall–Kier alpha value is -1.99. The number of aromatic nitrogens is 3. The first-order valence-electron chi connectivity index (χ1n) is 8.94. The van der Waals surface area contributed by atoms with Gasteiger partial charge in [0.25, 0.3) is 0 Å². The van der Waals surface area contributed by atoms with Crippen LogP contribution in [0.15, 0.2) is 16.7 Å². The summed E-state index contributed by atoms with van der Waals surface area (Å²) in [4.78, 5) is 11.5. The average Bonchev–Trinajstić information content (AvgIpc) is 3.08. The molecule has 1 aliphatic rings. The normalized spacial score (nSPS) is 18.7. The van der Waals surface area contributed by atoms with Crippen LogP contribution in [0.3, 0.4) is 0 Å². The van der Waals surface area contributed by atoms with E-state index in [1.54, 1.807) is 0 Å². The summed E-state index contributed by atoms with van der Waals surface area (Å²) >= 11 is 0. The lowest BCUT2D eigenvalue weighted by molar-refractivity contribution is -0.0422. The second-order valence-corrected chi connectivity index (χ2v) is 6.67. The van der Waals surface area contributed by atoms with Gasteiger partial charge in [-0.15, -0.1) is 0 Å². The standard InChI is InChI=1S/C18H27N5O2/c1-5-14-8-15(25-22-14)10-19-18-9-16(20-13(4)21-18)17-11-23(12(2)3)6-7-24-17/h8-9,12,17H,5-7,10-11H2,1-4H3,(H,19,20,21). The Morgan fingerprint density at radius 2 is 2.16 bits per heavy atom. The summed E-state index contributed by atoms with van der Waals surface area (Å²) in [7, 11) is 0. The minimum Gasteiger partial charge on any atom is -0.369 e. The first-order chi connectivity index (χ1) is 12.0. The van der Waals surface area contributed by atoms with Crippen molar-refractivity contribution in [3.63, 3.8) is 0 Å². The number of anilines is 1. The van der Waals surface area contributed by atoms with E-state index in [0.29, 0.717) is 12.6 Å². The van der Waals surface area contributed by atoms with E-state index in [1.165, 1.54) is 0 Å². The number of hydrogen-bond acceptors (Lipinski definition) is 7. The third kappa shape index (κ3) is 4.55. The van der Waals surface area contributed by atoms with Crippen molar-refractivity contribution in [2.24, 2.45) is 0 Å². The fraction of sp³-hybridized carbons (Fsp3) is 0.611. The van der Waals surface area contributed by atoms with Crippen molar-refractivity contribution in [3.8, 4) is 0 Å². The molecule has 0 radical (unpaired) electrons. The molecule has 1 fully saturated rings. The van der Waals surface area contributed by atoms with E-state index in [9.17, 15) is 0 Å². The van der Waals surface area contributed by atoms with E-state index >= 15 is 0 Å². The van der Waals surface area contributed by atoms with Crippen LogP contribution >= 0.6 is 0 Å². The molecule has 3 heterocycles. The van der Waals surface area contributed by atoms with E-state index in [0.717, 1.165) is 54.9 Å². The molecule has 1 aliphatic heterocycles. The van der Waals surface area contributed by atoms with Crippen LogP contribution in [0.2, 0.25) is 0 Å². The summed E-state index contributed by atoms with van der Waals surface area (Å²) in [5, 5.41) is 7.31. The molecular weight excluding hydrogens is 318 g/mol. The van der Waals surface area contributed by atoms with E-state index < -0.39 is 0 Å². The van der Waals surface area contributed by atoms with Gasteiger partial charge in [0.15, 0.2) is 5.76 Å². The van der Waals surface area contributed by atoms with Gasteiger partial charge in [-0.25, -0.2) is 9.97 Å². The SMILES string of the molecule is CCc1cc(CNc2cc(C3CN(C(C)C)CCO3)nc(C)n2)on1. The molecule has 1 saturated heterocycles. The first kappa shape index (κ1) is 17.8.